The molecule has 0 spiro atoms. The van der Waals surface area contributed by atoms with E-state index in [1.54, 1.807) is 0 Å². The zero-order chi connectivity index (χ0) is 27.2. The first kappa shape index (κ1) is 24.0. The molecule has 0 fully saturated rings. The van der Waals surface area contributed by atoms with Crippen LogP contribution in [0.5, 0.6) is 11.5 Å². The number of aryl methyl sites for hydroxylation is 4. The molecule has 5 aromatic rings. The molecule has 0 saturated carbocycles. The van der Waals surface area contributed by atoms with Gasteiger partial charge in [-0.1, -0.05) is 38.1 Å². The van der Waals surface area contributed by atoms with E-state index in [4.69, 9.17) is 14.5 Å². The smallest absolute Gasteiger partial charge is 0.216 e. The number of pyridine rings is 1. The first-order chi connectivity index (χ1) is 18.6. The molecule has 0 aliphatic carbocycles. The average molecular weight is 516 g/mol. The van der Waals surface area contributed by atoms with Gasteiger partial charge in [0.2, 0.25) is 5.90 Å². The van der Waals surface area contributed by atoms with Crippen LogP contribution in [0.2, 0.25) is 0 Å². The van der Waals surface area contributed by atoms with Gasteiger partial charge in [-0.15, -0.1) is 0 Å². The average Bonchev–Trinajstić information content (AvgIpc) is 3.46. The van der Waals surface area contributed by atoms with E-state index in [1.165, 1.54) is 27.4 Å². The van der Waals surface area contributed by atoms with E-state index in [2.05, 4.69) is 107 Å². The van der Waals surface area contributed by atoms with Gasteiger partial charge in [0.1, 0.15) is 23.8 Å². The number of nitrogens with zero attached hydrogens (tertiary/aromatic N) is 3. The maximum Gasteiger partial charge on any atom is 0.216 e. The molecule has 2 aliphatic rings. The molecule has 2 aromatic heterocycles. The van der Waals surface area contributed by atoms with Crippen molar-refractivity contribution >= 4 is 27.8 Å². The van der Waals surface area contributed by atoms with Gasteiger partial charge in [-0.3, -0.25) is 4.57 Å². The Balaban J connectivity index is 1.43. The van der Waals surface area contributed by atoms with Crippen LogP contribution in [-0.4, -0.2) is 28.1 Å². The predicted molar refractivity (Wildman–Crippen MR) is 158 cm³/mol. The molecule has 5 heteroatoms. The van der Waals surface area contributed by atoms with Gasteiger partial charge < -0.3 is 9.47 Å². The summed E-state index contributed by atoms with van der Waals surface area (Å²) < 4.78 is 14.9. The summed E-state index contributed by atoms with van der Waals surface area (Å²) in [6, 6.07) is 17.8. The highest BCUT2D eigenvalue weighted by atomic mass is 16.5. The number of hydrogen-bond acceptors (Lipinski definition) is 4. The van der Waals surface area contributed by atoms with Crippen LogP contribution in [0, 0.1) is 27.7 Å². The van der Waals surface area contributed by atoms with Gasteiger partial charge >= 0.3 is 0 Å². The summed E-state index contributed by atoms with van der Waals surface area (Å²) >= 11 is 0. The molecule has 3 aromatic carbocycles. The van der Waals surface area contributed by atoms with Gasteiger partial charge in [-0.2, -0.15) is 0 Å². The predicted octanol–water partition coefficient (Wildman–Crippen LogP) is 8.01. The Morgan fingerprint density at radius 3 is 2.44 bits per heavy atom. The molecule has 196 valence electrons. The Hall–Kier alpha value is -4.12. The van der Waals surface area contributed by atoms with Crippen LogP contribution >= 0.6 is 0 Å². The van der Waals surface area contributed by atoms with Crippen LogP contribution in [0.1, 0.15) is 59.7 Å². The monoisotopic (exact) mass is 515 g/mol. The minimum Gasteiger partial charge on any atom is -0.475 e. The summed E-state index contributed by atoms with van der Waals surface area (Å²) in [5.41, 5.74) is 11.2. The number of benzene rings is 3. The summed E-state index contributed by atoms with van der Waals surface area (Å²) in [6.07, 6.45) is 1.96. The van der Waals surface area contributed by atoms with E-state index >= 15 is 0 Å². The van der Waals surface area contributed by atoms with Crippen molar-refractivity contribution in [2.45, 2.75) is 59.9 Å². The Labute approximate surface area is 229 Å². The van der Waals surface area contributed by atoms with Gasteiger partial charge in [0.25, 0.3) is 0 Å². The Morgan fingerprint density at radius 2 is 1.67 bits per heavy atom. The Morgan fingerprint density at radius 1 is 0.897 bits per heavy atom. The topological polar surface area (TPSA) is 48.6 Å². The van der Waals surface area contributed by atoms with Crippen LogP contribution in [0.4, 0.5) is 0 Å². The van der Waals surface area contributed by atoms with Gasteiger partial charge in [0, 0.05) is 34.0 Å². The number of fused-ring (bicyclic) bond motifs is 5. The first-order valence-electron chi connectivity index (χ1n) is 13.7. The zero-order valence-corrected chi connectivity index (χ0v) is 23.6. The maximum absolute atomic E-state index is 6.70. The van der Waals surface area contributed by atoms with Crippen molar-refractivity contribution < 1.29 is 9.47 Å². The molecular formula is C34H33N3O2. The molecule has 7 rings (SSSR count). The molecule has 0 N–H and O–H groups in total. The molecule has 39 heavy (non-hydrogen) atoms. The summed E-state index contributed by atoms with van der Waals surface area (Å²) in [5.74, 6) is 2.36. The van der Waals surface area contributed by atoms with Gasteiger partial charge in [0.15, 0.2) is 0 Å². The number of aromatic nitrogens is 2. The molecule has 5 nitrogen and oxygen atoms in total. The minimum absolute atomic E-state index is 0.168. The highest BCUT2D eigenvalue weighted by Crippen LogP contribution is 2.49. The zero-order valence-electron chi connectivity index (χ0n) is 23.6. The fraction of sp³-hybridized carbons (Fsp3) is 0.294. The molecule has 4 heterocycles. The van der Waals surface area contributed by atoms with Crippen molar-refractivity contribution in [1.29, 1.82) is 0 Å². The lowest BCUT2D eigenvalue weighted by Gasteiger charge is -2.35. The van der Waals surface area contributed by atoms with Crippen molar-refractivity contribution in [2.75, 3.05) is 6.61 Å². The third-order valence-electron chi connectivity index (χ3n) is 8.42. The van der Waals surface area contributed by atoms with Crippen LogP contribution in [0.15, 0.2) is 59.7 Å². The number of aliphatic imine (C=N–C) groups is 1. The second-order valence-corrected chi connectivity index (χ2v) is 11.8. The van der Waals surface area contributed by atoms with E-state index in [1.807, 2.05) is 6.20 Å². The summed E-state index contributed by atoms with van der Waals surface area (Å²) in [4.78, 5) is 9.62. The van der Waals surface area contributed by atoms with Gasteiger partial charge in [0.05, 0.1) is 17.2 Å². The fourth-order valence-electron chi connectivity index (χ4n) is 6.32. The molecular weight excluding hydrogens is 482 g/mol. The maximum atomic E-state index is 6.70. The SMILES string of the molecule is Cc1cnc2c(c1)c1cccc3c1n2-c1cc(Oc2cc(C4=N[C@H](C)CO4)c(C)cc2C)c(C)cc1C3(C)C. The molecule has 0 amide bonds. The second kappa shape index (κ2) is 8.19. The molecule has 0 unspecified atom stereocenters. The first-order valence-corrected chi connectivity index (χ1v) is 13.7. The lowest BCUT2D eigenvalue weighted by Crippen LogP contribution is -2.26. The standard InChI is InChI=1S/C34H33N3O2/c1-18-11-25-23-9-8-10-26-31(23)37(32(25)35-16-18)28-15-30(21(4)13-27(28)34(26,6)7)39-29-14-24(19(2)12-20(29)3)33-36-22(5)17-38-33/h8-16,22H,17H2,1-7H3/t22-/m1/s1. The van der Waals surface area contributed by atoms with Gasteiger partial charge in [-0.25, -0.2) is 9.98 Å². The van der Waals surface area contributed by atoms with Crippen LogP contribution in [0.3, 0.4) is 0 Å². The minimum atomic E-state index is -0.168. The quantitative estimate of drug-likeness (QED) is 0.244. The summed E-state index contributed by atoms with van der Waals surface area (Å²) in [6.45, 7) is 15.8. The normalized spacial score (nSPS) is 17.3. The molecule has 2 aliphatic heterocycles. The van der Waals surface area contributed by atoms with E-state index in [-0.39, 0.29) is 11.5 Å². The summed E-state index contributed by atoms with van der Waals surface area (Å²) in [5, 5.41) is 2.43. The van der Waals surface area contributed by atoms with Gasteiger partial charge in [-0.05, 0) is 86.2 Å². The lowest BCUT2D eigenvalue weighted by atomic mass is 9.74. The number of rotatable bonds is 3. The van der Waals surface area contributed by atoms with E-state index in [0.29, 0.717) is 12.5 Å². The fourth-order valence-corrected chi connectivity index (χ4v) is 6.32. The van der Waals surface area contributed by atoms with E-state index < -0.39 is 0 Å². The van der Waals surface area contributed by atoms with Crippen LogP contribution in [-0.2, 0) is 10.2 Å². The van der Waals surface area contributed by atoms with Crippen molar-refractivity contribution in [3.05, 3.63) is 93.7 Å². The van der Waals surface area contributed by atoms with Crippen LogP contribution in [0.25, 0.3) is 27.6 Å². The highest BCUT2D eigenvalue weighted by molar-refractivity contribution is 6.10. The molecule has 0 bridgehead atoms. The Bertz CT molecular complexity index is 1880. The largest absolute Gasteiger partial charge is 0.475 e. The third kappa shape index (κ3) is 3.45. The van der Waals surface area contributed by atoms with E-state index in [0.717, 1.165) is 50.7 Å². The van der Waals surface area contributed by atoms with Crippen molar-refractivity contribution in [3.63, 3.8) is 0 Å². The Kier molecular flexibility index (Phi) is 5.03. The van der Waals surface area contributed by atoms with Crippen molar-refractivity contribution in [1.82, 2.24) is 9.55 Å². The van der Waals surface area contributed by atoms with Crippen molar-refractivity contribution in [3.8, 4) is 17.2 Å². The van der Waals surface area contributed by atoms with Crippen molar-refractivity contribution in [2.24, 2.45) is 4.99 Å². The number of hydrogen-bond donors (Lipinski definition) is 0. The van der Waals surface area contributed by atoms with Crippen LogP contribution < -0.4 is 4.74 Å². The second-order valence-electron chi connectivity index (χ2n) is 11.8. The summed E-state index contributed by atoms with van der Waals surface area (Å²) in [7, 11) is 0. The molecule has 1 atom stereocenters. The third-order valence-corrected chi connectivity index (χ3v) is 8.42. The highest BCUT2D eigenvalue weighted by Gasteiger charge is 2.36. The molecule has 0 saturated heterocycles. The molecule has 0 radical (unpaired) electrons. The van der Waals surface area contributed by atoms with E-state index in [9.17, 15) is 0 Å². The lowest BCUT2D eigenvalue weighted by molar-refractivity contribution is 0.324. The number of para-hydroxylation sites is 1. The number of ether oxygens (including phenoxy) is 2.